The molecular formula is H2N2O6Pt+2. The van der Waals surface area contributed by atoms with Crippen LogP contribution in [0.15, 0.2) is 0 Å². The predicted octanol–water partition coefficient (Wildman–Crippen LogP) is -0.698. The number of nitrogens with zero attached hydrogens (tertiary/aromatic N) is 2. The van der Waals surface area contributed by atoms with Gasteiger partial charge in [-0.3, -0.25) is 0 Å². The average molecular weight is 321 g/mol. The molecule has 0 bridgehead atoms. The smallest absolute Gasteiger partial charge is 0.328 e. The Hall–Kier alpha value is -0.912. The molecule has 0 fully saturated rings. The molecule has 0 aromatic rings. The largest absolute Gasteiger partial charge is 2.00 e. The van der Waals surface area contributed by atoms with E-state index in [4.69, 9.17) is 30.6 Å². The van der Waals surface area contributed by atoms with E-state index in [1.54, 1.807) is 0 Å². The van der Waals surface area contributed by atoms with Crippen molar-refractivity contribution < 1.29 is 41.7 Å². The van der Waals surface area contributed by atoms with Crippen LogP contribution in [0.25, 0.3) is 0 Å². The summed E-state index contributed by atoms with van der Waals surface area (Å²) in [5.74, 6) is 0. The van der Waals surface area contributed by atoms with E-state index >= 15 is 0 Å². The first-order valence-electron chi connectivity index (χ1n) is 1.13. The zero-order chi connectivity index (χ0) is 7.15. The molecule has 8 nitrogen and oxygen atoms in total. The summed E-state index contributed by atoms with van der Waals surface area (Å²) >= 11 is 0. The van der Waals surface area contributed by atoms with Gasteiger partial charge in [0.2, 0.25) is 0 Å². The SMILES string of the molecule is O=[N+]([O-])O.O=[N+]([O-])O.[Pt+2]. The summed E-state index contributed by atoms with van der Waals surface area (Å²) in [5.41, 5.74) is 0. The Morgan fingerprint density at radius 1 is 1.00 bits per heavy atom. The maximum atomic E-state index is 8.36. The van der Waals surface area contributed by atoms with Gasteiger partial charge in [-0.25, -0.2) is 0 Å². The first-order chi connectivity index (χ1) is 3.46. The van der Waals surface area contributed by atoms with Gasteiger partial charge in [-0.05, 0) is 0 Å². The summed E-state index contributed by atoms with van der Waals surface area (Å²) in [6, 6.07) is 0. The molecule has 0 saturated carbocycles. The third-order valence-electron chi connectivity index (χ3n) is 0. The van der Waals surface area contributed by atoms with Gasteiger partial charge in [-0.2, -0.15) is 0 Å². The minimum Gasteiger partial charge on any atom is -0.328 e. The van der Waals surface area contributed by atoms with Gasteiger partial charge < -0.3 is 10.4 Å². The topological polar surface area (TPSA) is 127 Å². The fraction of sp³-hybridized carbons (Fsp3) is 0. The van der Waals surface area contributed by atoms with Crippen molar-refractivity contribution >= 4 is 0 Å². The second-order valence-electron chi connectivity index (χ2n) is 0.476. The minimum atomic E-state index is -1.50. The zero-order valence-corrected chi connectivity index (χ0v) is 6.01. The molecule has 0 aliphatic heterocycles. The average Bonchev–Trinajstić information content (AvgIpc) is 1.25. The molecular weight excluding hydrogens is 319 g/mol. The molecule has 0 aliphatic carbocycles. The van der Waals surface area contributed by atoms with E-state index in [0.717, 1.165) is 0 Å². The molecule has 0 radical (unpaired) electrons. The van der Waals surface area contributed by atoms with Gasteiger partial charge in [-0.15, -0.1) is 20.2 Å². The second kappa shape index (κ2) is 10.1. The molecule has 0 atom stereocenters. The predicted molar refractivity (Wildman–Crippen MR) is 17.6 cm³/mol. The summed E-state index contributed by atoms with van der Waals surface area (Å²) in [7, 11) is 0. The van der Waals surface area contributed by atoms with Crippen LogP contribution in [0.1, 0.15) is 0 Å². The van der Waals surface area contributed by atoms with Gasteiger partial charge in [-0.1, -0.05) is 0 Å². The van der Waals surface area contributed by atoms with Crippen molar-refractivity contribution in [1.29, 1.82) is 0 Å². The molecule has 0 aliphatic rings. The fourth-order valence-corrected chi connectivity index (χ4v) is 0. The van der Waals surface area contributed by atoms with Crippen LogP contribution < -0.4 is 0 Å². The maximum absolute atomic E-state index is 8.36. The van der Waals surface area contributed by atoms with Gasteiger partial charge >= 0.3 is 21.1 Å². The van der Waals surface area contributed by atoms with Crippen LogP contribution in [0.3, 0.4) is 0 Å². The first-order valence-corrected chi connectivity index (χ1v) is 1.13. The third kappa shape index (κ3) is 221. The molecule has 2 N–H and O–H groups in total. The summed E-state index contributed by atoms with van der Waals surface area (Å²) in [4.78, 5) is 16.7. The van der Waals surface area contributed by atoms with Gasteiger partial charge in [0.25, 0.3) is 10.2 Å². The van der Waals surface area contributed by atoms with Crippen molar-refractivity contribution in [2.24, 2.45) is 0 Å². The van der Waals surface area contributed by atoms with E-state index in [1.807, 2.05) is 0 Å². The van der Waals surface area contributed by atoms with Gasteiger partial charge in [0.1, 0.15) is 0 Å². The van der Waals surface area contributed by atoms with Gasteiger partial charge in [0, 0.05) is 0 Å². The summed E-state index contributed by atoms with van der Waals surface area (Å²) in [6.07, 6.45) is 0. The van der Waals surface area contributed by atoms with Crippen LogP contribution in [0.5, 0.6) is 0 Å². The quantitative estimate of drug-likeness (QED) is 0.449. The van der Waals surface area contributed by atoms with Crippen LogP contribution in [-0.4, -0.2) is 20.6 Å². The van der Waals surface area contributed by atoms with Crippen molar-refractivity contribution in [3.8, 4) is 0 Å². The van der Waals surface area contributed by atoms with E-state index in [-0.39, 0.29) is 21.1 Å². The maximum Gasteiger partial charge on any atom is 2.00 e. The van der Waals surface area contributed by atoms with Crippen LogP contribution in [0, 0.1) is 20.2 Å². The monoisotopic (exact) mass is 321 g/mol. The van der Waals surface area contributed by atoms with Crippen LogP contribution in [-0.2, 0) is 21.1 Å². The molecule has 0 aromatic heterocycles. The van der Waals surface area contributed by atoms with Crippen molar-refractivity contribution in [1.82, 2.24) is 0 Å². The molecule has 56 valence electrons. The molecule has 0 rings (SSSR count). The Kier molecular flexibility index (Phi) is 17.7. The third-order valence-corrected chi connectivity index (χ3v) is 0. The summed E-state index contributed by atoms with van der Waals surface area (Å²) in [5, 5.41) is 27.3. The number of rotatable bonds is 0. The number of hydrogen-bond acceptors (Lipinski definition) is 4. The van der Waals surface area contributed by atoms with Crippen LogP contribution >= 0.6 is 0 Å². The minimum absolute atomic E-state index is 0. The Morgan fingerprint density at radius 3 is 1.00 bits per heavy atom. The standard InChI is InChI=1S/2HNO3.Pt/c2*2-1(3)4;/h2*(H,2,3,4);/q;;+2. The Labute approximate surface area is 62.6 Å². The Bertz CT molecular complexity index is 69.1. The van der Waals surface area contributed by atoms with Crippen LogP contribution in [0.4, 0.5) is 0 Å². The molecule has 0 spiro atoms. The normalized spacial score (nSPS) is 5.33. The molecule has 0 amide bonds. The fourth-order valence-electron chi connectivity index (χ4n) is 0. The summed E-state index contributed by atoms with van der Waals surface area (Å²) in [6.45, 7) is 0. The van der Waals surface area contributed by atoms with E-state index in [1.165, 1.54) is 0 Å². The molecule has 0 unspecified atom stereocenters. The van der Waals surface area contributed by atoms with Gasteiger partial charge in [0.15, 0.2) is 0 Å². The molecule has 0 aromatic carbocycles. The molecule has 0 saturated heterocycles. The first kappa shape index (κ1) is 15.7. The van der Waals surface area contributed by atoms with Gasteiger partial charge in [0.05, 0.1) is 0 Å². The van der Waals surface area contributed by atoms with Crippen molar-refractivity contribution in [3.05, 3.63) is 20.2 Å². The molecule has 9 heavy (non-hydrogen) atoms. The van der Waals surface area contributed by atoms with Crippen LogP contribution in [0.2, 0.25) is 0 Å². The van der Waals surface area contributed by atoms with E-state index in [2.05, 4.69) is 0 Å². The Morgan fingerprint density at radius 2 is 1.00 bits per heavy atom. The zero-order valence-electron chi connectivity index (χ0n) is 3.74. The molecule has 0 heterocycles. The van der Waals surface area contributed by atoms with Crippen molar-refractivity contribution in [3.63, 3.8) is 0 Å². The second-order valence-corrected chi connectivity index (χ2v) is 0.476. The molecule has 9 heteroatoms. The van der Waals surface area contributed by atoms with E-state index < -0.39 is 10.2 Å². The van der Waals surface area contributed by atoms with Crippen molar-refractivity contribution in [2.45, 2.75) is 0 Å². The number of hydrogen-bond donors (Lipinski definition) is 2. The Balaban J connectivity index is -0.0000000720. The summed E-state index contributed by atoms with van der Waals surface area (Å²) < 4.78 is 0. The van der Waals surface area contributed by atoms with Crippen molar-refractivity contribution in [2.75, 3.05) is 0 Å². The van der Waals surface area contributed by atoms with E-state index in [0.29, 0.717) is 0 Å². The van der Waals surface area contributed by atoms with E-state index in [9.17, 15) is 0 Å².